The fourth-order valence-electron chi connectivity index (χ4n) is 2.32. The van der Waals surface area contributed by atoms with E-state index in [1.807, 2.05) is 0 Å². The van der Waals surface area contributed by atoms with Crippen LogP contribution in [0.1, 0.15) is 6.42 Å². The second-order valence-corrected chi connectivity index (χ2v) is 4.67. The monoisotopic (exact) mass is 183 g/mol. The van der Waals surface area contributed by atoms with E-state index in [1.165, 1.54) is 39.1 Å². The Morgan fingerprint density at radius 3 is 2.69 bits per heavy atom. The Labute approximate surface area is 81.1 Å². The summed E-state index contributed by atoms with van der Waals surface area (Å²) >= 11 is 0. The van der Waals surface area contributed by atoms with Crippen LogP contribution in [0.3, 0.4) is 0 Å². The fourth-order valence-corrected chi connectivity index (χ4v) is 2.32. The first-order valence-corrected chi connectivity index (χ1v) is 5.35. The van der Waals surface area contributed by atoms with Gasteiger partial charge in [-0.05, 0) is 33.0 Å². The van der Waals surface area contributed by atoms with E-state index in [2.05, 4.69) is 29.2 Å². The smallest absolute Gasteiger partial charge is 0.0342 e. The highest BCUT2D eigenvalue weighted by Crippen LogP contribution is 2.16. The van der Waals surface area contributed by atoms with E-state index in [0.29, 0.717) is 0 Å². The Balaban J connectivity index is 1.71. The quantitative estimate of drug-likeness (QED) is 0.656. The van der Waals surface area contributed by atoms with Gasteiger partial charge in [0.25, 0.3) is 0 Å². The zero-order chi connectivity index (χ0) is 9.26. The Bertz CT molecular complexity index is 168. The molecule has 2 saturated heterocycles. The van der Waals surface area contributed by atoms with E-state index in [0.717, 1.165) is 12.0 Å². The van der Waals surface area contributed by atoms with Crippen molar-refractivity contribution in [2.75, 3.05) is 46.8 Å². The van der Waals surface area contributed by atoms with Crippen LogP contribution in [-0.2, 0) is 0 Å². The van der Waals surface area contributed by atoms with E-state index in [1.54, 1.807) is 0 Å². The molecule has 0 aromatic rings. The van der Waals surface area contributed by atoms with Gasteiger partial charge in [0.1, 0.15) is 0 Å². The van der Waals surface area contributed by atoms with Crippen molar-refractivity contribution in [1.82, 2.24) is 15.1 Å². The second kappa shape index (κ2) is 3.95. The number of rotatable bonds is 3. The van der Waals surface area contributed by atoms with Crippen LogP contribution >= 0.6 is 0 Å². The molecule has 3 heteroatoms. The largest absolute Gasteiger partial charge is 0.314 e. The molecule has 3 nitrogen and oxygen atoms in total. The van der Waals surface area contributed by atoms with Crippen LogP contribution in [-0.4, -0.2) is 62.7 Å². The average molecular weight is 183 g/mol. The maximum absolute atomic E-state index is 3.32. The highest BCUT2D eigenvalue weighted by atomic mass is 15.2. The molecule has 2 aliphatic rings. The van der Waals surface area contributed by atoms with Gasteiger partial charge in [-0.25, -0.2) is 0 Å². The lowest BCUT2D eigenvalue weighted by Crippen LogP contribution is -2.56. The lowest BCUT2D eigenvalue weighted by Gasteiger charge is -2.36. The minimum Gasteiger partial charge on any atom is -0.314 e. The third-order valence-corrected chi connectivity index (χ3v) is 3.42. The maximum Gasteiger partial charge on any atom is 0.0342 e. The summed E-state index contributed by atoms with van der Waals surface area (Å²) in [6.45, 7) is 6.26. The predicted octanol–water partition coefficient (Wildman–Crippen LogP) is -0.158. The fraction of sp³-hybridized carbons (Fsp3) is 1.00. The third-order valence-electron chi connectivity index (χ3n) is 3.42. The third kappa shape index (κ3) is 2.22. The van der Waals surface area contributed by atoms with Gasteiger partial charge in [0.2, 0.25) is 0 Å². The number of nitrogens with zero attached hydrogens (tertiary/aromatic N) is 2. The second-order valence-electron chi connectivity index (χ2n) is 4.67. The molecule has 0 aromatic carbocycles. The standard InChI is InChI=1S/C10H21N3/c1-12-4-3-9(7-12)8-13(2)10-5-11-6-10/h9-11H,3-8H2,1-2H3. The van der Waals surface area contributed by atoms with Gasteiger partial charge >= 0.3 is 0 Å². The lowest BCUT2D eigenvalue weighted by atomic mass is 10.1. The summed E-state index contributed by atoms with van der Waals surface area (Å²) in [4.78, 5) is 4.97. The molecule has 0 spiro atoms. The molecule has 0 radical (unpaired) electrons. The van der Waals surface area contributed by atoms with Gasteiger partial charge in [0.15, 0.2) is 0 Å². The van der Waals surface area contributed by atoms with Gasteiger partial charge in [-0.2, -0.15) is 0 Å². The molecule has 2 fully saturated rings. The molecule has 13 heavy (non-hydrogen) atoms. The Morgan fingerprint density at radius 1 is 1.46 bits per heavy atom. The molecule has 2 heterocycles. The van der Waals surface area contributed by atoms with Crippen molar-refractivity contribution in [1.29, 1.82) is 0 Å². The van der Waals surface area contributed by atoms with Gasteiger partial charge in [-0.1, -0.05) is 0 Å². The van der Waals surface area contributed by atoms with Crippen molar-refractivity contribution in [2.24, 2.45) is 5.92 Å². The summed E-state index contributed by atoms with van der Waals surface area (Å²) in [7, 11) is 4.49. The van der Waals surface area contributed by atoms with E-state index < -0.39 is 0 Å². The van der Waals surface area contributed by atoms with Crippen LogP contribution in [0.2, 0.25) is 0 Å². The van der Waals surface area contributed by atoms with Gasteiger partial charge < -0.3 is 15.1 Å². The summed E-state index contributed by atoms with van der Waals surface area (Å²) in [6, 6.07) is 0.811. The molecule has 76 valence electrons. The van der Waals surface area contributed by atoms with Gasteiger partial charge in [0.05, 0.1) is 0 Å². The summed E-state index contributed by atoms with van der Waals surface area (Å²) in [5, 5.41) is 3.32. The van der Waals surface area contributed by atoms with Crippen molar-refractivity contribution < 1.29 is 0 Å². The molecule has 1 atom stereocenters. The van der Waals surface area contributed by atoms with E-state index in [4.69, 9.17) is 0 Å². The lowest BCUT2D eigenvalue weighted by molar-refractivity contribution is 0.157. The molecule has 0 aromatic heterocycles. The summed E-state index contributed by atoms with van der Waals surface area (Å²) in [5.41, 5.74) is 0. The molecular weight excluding hydrogens is 162 g/mol. The zero-order valence-corrected chi connectivity index (χ0v) is 8.79. The Morgan fingerprint density at radius 2 is 2.23 bits per heavy atom. The number of hydrogen-bond donors (Lipinski definition) is 1. The number of hydrogen-bond acceptors (Lipinski definition) is 3. The van der Waals surface area contributed by atoms with Crippen LogP contribution in [0.15, 0.2) is 0 Å². The van der Waals surface area contributed by atoms with Crippen LogP contribution in [0.4, 0.5) is 0 Å². The first-order valence-electron chi connectivity index (χ1n) is 5.35. The van der Waals surface area contributed by atoms with Gasteiger partial charge in [-0.15, -0.1) is 0 Å². The Kier molecular flexibility index (Phi) is 2.86. The summed E-state index contributed by atoms with van der Waals surface area (Å²) < 4.78 is 0. The number of likely N-dealkylation sites (tertiary alicyclic amines) is 1. The molecule has 0 amide bonds. The van der Waals surface area contributed by atoms with Gasteiger partial charge in [-0.3, -0.25) is 0 Å². The molecule has 1 unspecified atom stereocenters. The van der Waals surface area contributed by atoms with Crippen LogP contribution in [0, 0.1) is 5.92 Å². The van der Waals surface area contributed by atoms with Crippen molar-refractivity contribution in [2.45, 2.75) is 12.5 Å². The molecule has 2 rings (SSSR count). The first-order chi connectivity index (χ1) is 6.25. The number of likely N-dealkylation sites (N-methyl/N-ethyl adjacent to an activating group) is 1. The minimum absolute atomic E-state index is 0.811. The summed E-state index contributed by atoms with van der Waals surface area (Å²) in [6.07, 6.45) is 1.39. The van der Waals surface area contributed by atoms with Crippen molar-refractivity contribution in [3.8, 4) is 0 Å². The topological polar surface area (TPSA) is 18.5 Å². The summed E-state index contributed by atoms with van der Waals surface area (Å²) in [5.74, 6) is 0.913. The van der Waals surface area contributed by atoms with Crippen LogP contribution in [0.25, 0.3) is 0 Å². The normalized spacial score (nSPS) is 31.2. The van der Waals surface area contributed by atoms with E-state index in [9.17, 15) is 0 Å². The molecule has 1 N–H and O–H groups in total. The maximum atomic E-state index is 3.32. The molecular formula is C10H21N3. The van der Waals surface area contributed by atoms with Crippen LogP contribution < -0.4 is 5.32 Å². The molecule has 0 bridgehead atoms. The Hall–Kier alpha value is -0.120. The minimum atomic E-state index is 0.811. The zero-order valence-electron chi connectivity index (χ0n) is 8.79. The average Bonchev–Trinajstić information content (AvgIpc) is 2.31. The van der Waals surface area contributed by atoms with Crippen molar-refractivity contribution >= 4 is 0 Å². The highest BCUT2D eigenvalue weighted by Gasteiger charge is 2.26. The van der Waals surface area contributed by atoms with E-state index >= 15 is 0 Å². The van der Waals surface area contributed by atoms with Gasteiger partial charge in [0, 0.05) is 32.2 Å². The predicted molar refractivity (Wildman–Crippen MR) is 54.9 cm³/mol. The SMILES string of the molecule is CN1CCC(CN(C)C2CNC2)C1. The first kappa shape index (κ1) is 9.44. The molecule has 0 saturated carbocycles. The van der Waals surface area contributed by atoms with E-state index in [-0.39, 0.29) is 0 Å². The highest BCUT2D eigenvalue weighted by molar-refractivity contribution is 4.85. The van der Waals surface area contributed by atoms with Crippen molar-refractivity contribution in [3.63, 3.8) is 0 Å². The molecule has 2 aliphatic heterocycles. The number of nitrogens with one attached hydrogen (secondary N) is 1. The molecule has 0 aliphatic carbocycles. The van der Waals surface area contributed by atoms with Crippen molar-refractivity contribution in [3.05, 3.63) is 0 Å². The van der Waals surface area contributed by atoms with Crippen LogP contribution in [0.5, 0.6) is 0 Å².